The fraction of sp³-hybridized carbons (Fsp3) is 0.150. The molecule has 1 aromatic heterocycles. The molecule has 126 valence electrons. The first-order valence-electron chi connectivity index (χ1n) is 7.86. The maximum absolute atomic E-state index is 12.9. The second-order valence-corrected chi connectivity index (χ2v) is 6.20. The van der Waals surface area contributed by atoms with E-state index in [2.05, 4.69) is 0 Å². The highest BCUT2D eigenvalue weighted by atomic mass is 19.4. The minimum atomic E-state index is -4.40. The molecule has 0 saturated heterocycles. The molecule has 3 aromatic rings. The van der Waals surface area contributed by atoms with Crippen LogP contribution in [0.5, 0.6) is 0 Å². The Morgan fingerprint density at radius 3 is 2.60 bits per heavy atom. The Morgan fingerprint density at radius 1 is 1.08 bits per heavy atom. The van der Waals surface area contributed by atoms with Crippen LogP contribution in [0.2, 0.25) is 0 Å². The van der Waals surface area contributed by atoms with Gasteiger partial charge < -0.3 is 4.57 Å². The van der Waals surface area contributed by atoms with Gasteiger partial charge in [-0.2, -0.15) is 13.2 Å². The number of carbonyl (C=O) groups is 1. The van der Waals surface area contributed by atoms with E-state index in [1.165, 1.54) is 6.07 Å². The van der Waals surface area contributed by atoms with Gasteiger partial charge in [0.05, 0.1) is 17.8 Å². The molecule has 2 heterocycles. The van der Waals surface area contributed by atoms with E-state index in [1.807, 2.05) is 35.8 Å². The standard InChI is InChI=1S/C20H14F3NO/c1-12-16-7-2-3-8-17(16)24-11-14(19(25)18(12)24)9-13-5-4-6-15(10-13)20(21,22)23/h2-10H,11H2,1H3. The molecule has 2 nitrogen and oxygen atoms in total. The SMILES string of the molecule is Cc1c2n(c3ccccc13)CC(=Cc1cccc(C(F)(F)F)c1)C2=O. The molecule has 4 rings (SSSR count). The summed E-state index contributed by atoms with van der Waals surface area (Å²) in [6, 6.07) is 12.8. The normalized spacial score (nSPS) is 16.0. The number of alkyl halides is 3. The predicted octanol–water partition coefficient (Wildman–Crippen LogP) is 5.25. The minimum Gasteiger partial charge on any atom is -0.333 e. The topological polar surface area (TPSA) is 22.0 Å². The largest absolute Gasteiger partial charge is 0.416 e. The number of hydrogen-bond donors (Lipinski definition) is 0. The highest BCUT2D eigenvalue weighted by molar-refractivity contribution is 6.16. The van der Waals surface area contributed by atoms with Gasteiger partial charge in [-0.3, -0.25) is 4.79 Å². The van der Waals surface area contributed by atoms with Crippen LogP contribution in [-0.4, -0.2) is 10.4 Å². The number of para-hydroxylation sites is 1. The molecule has 1 aliphatic rings. The quantitative estimate of drug-likeness (QED) is 0.554. The third kappa shape index (κ3) is 2.47. The number of halogens is 3. The van der Waals surface area contributed by atoms with E-state index in [0.717, 1.165) is 28.6 Å². The lowest BCUT2D eigenvalue weighted by atomic mass is 10.0. The van der Waals surface area contributed by atoms with E-state index in [4.69, 9.17) is 0 Å². The fourth-order valence-electron chi connectivity index (χ4n) is 3.45. The molecule has 0 spiro atoms. The highest BCUT2D eigenvalue weighted by Gasteiger charge is 2.31. The van der Waals surface area contributed by atoms with Crippen molar-refractivity contribution < 1.29 is 18.0 Å². The van der Waals surface area contributed by atoms with E-state index in [0.29, 0.717) is 23.4 Å². The summed E-state index contributed by atoms with van der Waals surface area (Å²) in [6.07, 6.45) is -2.84. The molecule has 0 aliphatic carbocycles. The van der Waals surface area contributed by atoms with Crippen molar-refractivity contribution in [3.63, 3.8) is 0 Å². The molecule has 1 aliphatic heterocycles. The lowest BCUT2D eigenvalue weighted by Crippen LogP contribution is -2.04. The van der Waals surface area contributed by atoms with Gasteiger partial charge in [0.15, 0.2) is 0 Å². The number of carbonyl (C=O) groups excluding carboxylic acids is 1. The van der Waals surface area contributed by atoms with Crippen LogP contribution in [0.4, 0.5) is 13.2 Å². The number of rotatable bonds is 1. The minimum absolute atomic E-state index is 0.119. The van der Waals surface area contributed by atoms with Crippen molar-refractivity contribution in [3.05, 3.63) is 76.5 Å². The van der Waals surface area contributed by atoms with Crippen molar-refractivity contribution >= 4 is 22.8 Å². The molecule has 5 heteroatoms. The van der Waals surface area contributed by atoms with Gasteiger partial charge in [-0.05, 0) is 42.3 Å². The zero-order chi connectivity index (χ0) is 17.8. The van der Waals surface area contributed by atoms with Gasteiger partial charge in [-0.25, -0.2) is 0 Å². The molecule has 0 bridgehead atoms. The monoisotopic (exact) mass is 341 g/mol. The zero-order valence-corrected chi connectivity index (χ0v) is 13.4. The van der Waals surface area contributed by atoms with E-state index < -0.39 is 11.7 Å². The van der Waals surface area contributed by atoms with Crippen LogP contribution in [0.1, 0.15) is 27.2 Å². The summed E-state index contributed by atoms with van der Waals surface area (Å²) in [5.74, 6) is -0.119. The van der Waals surface area contributed by atoms with Crippen molar-refractivity contribution in [2.75, 3.05) is 0 Å². The Kier molecular flexibility index (Phi) is 3.35. The number of fused-ring (bicyclic) bond motifs is 3. The molecule has 0 fully saturated rings. The Balaban J connectivity index is 1.78. The van der Waals surface area contributed by atoms with Crippen molar-refractivity contribution in [2.24, 2.45) is 0 Å². The molecule has 0 amide bonds. The van der Waals surface area contributed by atoms with Crippen LogP contribution in [-0.2, 0) is 12.7 Å². The molecule has 25 heavy (non-hydrogen) atoms. The van der Waals surface area contributed by atoms with Gasteiger partial charge in [-0.15, -0.1) is 0 Å². The highest BCUT2D eigenvalue weighted by Crippen LogP contribution is 2.34. The smallest absolute Gasteiger partial charge is 0.333 e. The molecule has 0 saturated carbocycles. The predicted molar refractivity (Wildman–Crippen MR) is 90.4 cm³/mol. The Morgan fingerprint density at radius 2 is 1.84 bits per heavy atom. The molecule has 0 atom stereocenters. The summed E-state index contributed by atoms with van der Waals surface area (Å²) in [5.41, 5.74) is 2.67. The maximum atomic E-state index is 12.9. The third-order valence-electron chi connectivity index (χ3n) is 4.61. The maximum Gasteiger partial charge on any atom is 0.416 e. The third-order valence-corrected chi connectivity index (χ3v) is 4.61. The number of hydrogen-bond acceptors (Lipinski definition) is 1. The molecule has 2 aromatic carbocycles. The van der Waals surface area contributed by atoms with Crippen LogP contribution in [0, 0.1) is 6.92 Å². The summed E-state index contributed by atoms with van der Waals surface area (Å²) in [7, 11) is 0. The number of Topliss-reactive ketones (excluding diaryl/α,β-unsaturated/α-hetero) is 1. The number of aromatic nitrogens is 1. The zero-order valence-electron chi connectivity index (χ0n) is 13.4. The van der Waals surface area contributed by atoms with E-state index >= 15 is 0 Å². The number of aryl methyl sites for hydroxylation is 1. The second-order valence-electron chi connectivity index (χ2n) is 6.20. The second kappa shape index (κ2) is 5.34. The first-order chi connectivity index (χ1) is 11.9. The first-order valence-corrected chi connectivity index (χ1v) is 7.86. The fourth-order valence-corrected chi connectivity index (χ4v) is 3.45. The summed E-state index contributed by atoms with van der Waals surface area (Å²) in [4.78, 5) is 12.8. The average Bonchev–Trinajstić information content (AvgIpc) is 3.04. The number of allylic oxidation sites excluding steroid dienone is 1. The molecule has 0 unspecified atom stereocenters. The van der Waals surface area contributed by atoms with Crippen molar-refractivity contribution in [1.82, 2.24) is 4.57 Å². The summed E-state index contributed by atoms with van der Waals surface area (Å²) < 4.78 is 40.5. The van der Waals surface area contributed by atoms with Crippen LogP contribution >= 0.6 is 0 Å². The van der Waals surface area contributed by atoms with Gasteiger partial charge >= 0.3 is 6.18 Å². The van der Waals surface area contributed by atoms with Crippen LogP contribution in [0.25, 0.3) is 17.0 Å². The van der Waals surface area contributed by atoms with Crippen LogP contribution < -0.4 is 0 Å². The number of benzene rings is 2. The van der Waals surface area contributed by atoms with E-state index in [-0.39, 0.29) is 5.78 Å². The van der Waals surface area contributed by atoms with Crippen LogP contribution in [0.3, 0.4) is 0 Å². The molecule has 0 N–H and O–H groups in total. The Labute approximate surface area is 142 Å². The lowest BCUT2D eigenvalue weighted by molar-refractivity contribution is -0.137. The van der Waals surface area contributed by atoms with E-state index in [9.17, 15) is 18.0 Å². The molecule has 0 radical (unpaired) electrons. The lowest BCUT2D eigenvalue weighted by Gasteiger charge is -2.07. The summed E-state index contributed by atoms with van der Waals surface area (Å²) >= 11 is 0. The van der Waals surface area contributed by atoms with Gasteiger partial charge in [0.1, 0.15) is 0 Å². The molecular weight excluding hydrogens is 327 g/mol. The van der Waals surface area contributed by atoms with Crippen LogP contribution in [0.15, 0.2) is 54.1 Å². The summed E-state index contributed by atoms with van der Waals surface area (Å²) in [6.45, 7) is 2.28. The summed E-state index contributed by atoms with van der Waals surface area (Å²) in [5, 5.41) is 1.03. The number of nitrogens with zero attached hydrogens (tertiary/aromatic N) is 1. The average molecular weight is 341 g/mol. The van der Waals surface area contributed by atoms with Gasteiger partial charge in [-0.1, -0.05) is 30.3 Å². The number of ketones is 1. The van der Waals surface area contributed by atoms with Gasteiger partial charge in [0.25, 0.3) is 0 Å². The van der Waals surface area contributed by atoms with Gasteiger partial charge in [0, 0.05) is 16.5 Å². The first kappa shape index (κ1) is 15.7. The Bertz CT molecular complexity index is 1040. The van der Waals surface area contributed by atoms with Crippen molar-refractivity contribution in [3.8, 4) is 0 Å². The van der Waals surface area contributed by atoms with Crippen molar-refractivity contribution in [1.29, 1.82) is 0 Å². The van der Waals surface area contributed by atoms with Gasteiger partial charge in [0.2, 0.25) is 5.78 Å². The van der Waals surface area contributed by atoms with E-state index in [1.54, 1.807) is 12.1 Å². The van der Waals surface area contributed by atoms with Crippen molar-refractivity contribution in [2.45, 2.75) is 19.6 Å². The molecular formula is C20H14F3NO. The Hall–Kier alpha value is -2.82.